The molecule has 1 amide bonds. The van der Waals surface area contributed by atoms with E-state index in [9.17, 15) is 9.18 Å². The Morgan fingerprint density at radius 2 is 2.25 bits per heavy atom. The van der Waals surface area contributed by atoms with E-state index >= 15 is 0 Å². The zero-order valence-electron chi connectivity index (χ0n) is 15.3. The van der Waals surface area contributed by atoms with E-state index in [1.165, 1.54) is 30.6 Å². The number of amides is 1. The van der Waals surface area contributed by atoms with E-state index in [2.05, 4.69) is 15.5 Å². The van der Waals surface area contributed by atoms with Gasteiger partial charge < -0.3 is 14.8 Å². The average Bonchev–Trinajstić information content (AvgIpc) is 3.32. The first-order chi connectivity index (χ1) is 13.5. The molecule has 2 N–H and O–H groups in total. The first kappa shape index (κ1) is 20.2. The standard InChI is InChI=1S/C18H19FN4O3S2/c1-11(23-16(21-22-18(23)27)15-4-3-9-28-15)17(24)20-12-5-6-14(13(19)10-12)26-8-7-25-2/h3-6,9-11H,7-8H2,1-2H3,(H,20,24)(H,22,27). The topological polar surface area (TPSA) is 81.2 Å². The molecule has 0 aliphatic heterocycles. The molecule has 1 aromatic carbocycles. The molecule has 0 fully saturated rings. The Morgan fingerprint density at radius 1 is 1.43 bits per heavy atom. The number of methoxy groups -OCH3 is 1. The average molecular weight is 423 g/mol. The highest BCUT2D eigenvalue weighted by atomic mass is 32.1. The fourth-order valence-electron chi connectivity index (χ4n) is 2.54. The molecule has 3 rings (SSSR count). The van der Waals surface area contributed by atoms with E-state index < -0.39 is 11.9 Å². The fraction of sp³-hybridized carbons (Fsp3) is 0.278. The number of anilines is 1. The van der Waals surface area contributed by atoms with E-state index in [4.69, 9.17) is 21.7 Å². The Labute approximate surface area is 170 Å². The van der Waals surface area contributed by atoms with E-state index in [1.807, 2.05) is 17.5 Å². The van der Waals surface area contributed by atoms with Crippen LogP contribution in [0.2, 0.25) is 0 Å². The van der Waals surface area contributed by atoms with Gasteiger partial charge in [0.25, 0.3) is 0 Å². The Hall–Kier alpha value is -2.56. The molecule has 0 bridgehead atoms. The van der Waals surface area contributed by atoms with Crippen LogP contribution in [0, 0.1) is 10.6 Å². The van der Waals surface area contributed by atoms with E-state index in [1.54, 1.807) is 17.6 Å². The Kier molecular flexibility index (Phi) is 6.55. The maximum atomic E-state index is 14.2. The summed E-state index contributed by atoms with van der Waals surface area (Å²) in [6.45, 7) is 2.30. The summed E-state index contributed by atoms with van der Waals surface area (Å²) in [6, 6.07) is 7.39. The molecule has 0 saturated carbocycles. The number of rotatable bonds is 8. The van der Waals surface area contributed by atoms with Gasteiger partial charge >= 0.3 is 0 Å². The molecule has 1 atom stereocenters. The van der Waals surface area contributed by atoms with Crippen LogP contribution in [0.25, 0.3) is 10.7 Å². The van der Waals surface area contributed by atoms with Gasteiger partial charge in [-0.05, 0) is 42.7 Å². The van der Waals surface area contributed by atoms with Crippen LogP contribution in [0.3, 0.4) is 0 Å². The summed E-state index contributed by atoms with van der Waals surface area (Å²) in [7, 11) is 1.54. The lowest BCUT2D eigenvalue weighted by atomic mass is 10.2. The van der Waals surface area contributed by atoms with Crippen molar-refractivity contribution in [3.05, 3.63) is 46.3 Å². The van der Waals surface area contributed by atoms with Crippen LogP contribution >= 0.6 is 23.6 Å². The number of aromatic nitrogens is 3. The van der Waals surface area contributed by atoms with Gasteiger partial charge in [0.15, 0.2) is 22.2 Å². The molecule has 28 heavy (non-hydrogen) atoms. The second-order valence-corrected chi connectivity index (χ2v) is 7.19. The fourth-order valence-corrected chi connectivity index (χ4v) is 3.54. The van der Waals surface area contributed by atoms with Crippen molar-refractivity contribution in [2.45, 2.75) is 13.0 Å². The molecule has 0 saturated heterocycles. The van der Waals surface area contributed by atoms with Gasteiger partial charge in [0.2, 0.25) is 5.91 Å². The minimum absolute atomic E-state index is 0.0973. The van der Waals surface area contributed by atoms with Crippen molar-refractivity contribution in [3.63, 3.8) is 0 Å². The van der Waals surface area contributed by atoms with Gasteiger partial charge in [-0.1, -0.05) is 6.07 Å². The quantitative estimate of drug-likeness (QED) is 0.423. The van der Waals surface area contributed by atoms with Gasteiger partial charge in [-0.2, -0.15) is 5.10 Å². The van der Waals surface area contributed by atoms with Crippen molar-refractivity contribution in [2.75, 3.05) is 25.6 Å². The highest BCUT2D eigenvalue weighted by Gasteiger charge is 2.21. The number of carbonyl (C=O) groups excluding carboxylic acids is 1. The number of carbonyl (C=O) groups is 1. The molecule has 0 spiro atoms. The third-order valence-electron chi connectivity index (χ3n) is 3.96. The third-order valence-corrected chi connectivity index (χ3v) is 5.11. The van der Waals surface area contributed by atoms with Crippen molar-refractivity contribution < 1.29 is 18.7 Å². The van der Waals surface area contributed by atoms with E-state index in [0.717, 1.165) is 4.88 Å². The summed E-state index contributed by atoms with van der Waals surface area (Å²) in [5.41, 5.74) is 0.320. The molecule has 10 heteroatoms. The predicted octanol–water partition coefficient (Wildman–Crippen LogP) is 4.03. The van der Waals surface area contributed by atoms with Crippen LogP contribution < -0.4 is 10.1 Å². The van der Waals surface area contributed by atoms with Gasteiger partial charge in [0.1, 0.15) is 12.6 Å². The number of benzene rings is 1. The monoisotopic (exact) mass is 422 g/mol. The van der Waals surface area contributed by atoms with Crippen molar-refractivity contribution in [3.8, 4) is 16.5 Å². The van der Waals surface area contributed by atoms with E-state index in [-0.39, 0.29) is 18.3 Å². The van der Waals surface area contributed by atoms with Crippen molar-refractivity contribution >= 4 is 35.1 Å². The molecule has 0 radical (unpaired) electrons. The molecule has 148 valence electrons. The molecule has 3 aromatic rings. The van der Waals surface area contributed by atoms with E-state index in [0.29, 0.717) is 22.9 Å². The second-order valence-electron chi connectivity index (χ2n) is 5.85. The number of nitrogens with zero attached hydrogens (tertiary/aromatic N) is 2. The molecule has 2 aromatic heterocycles. The van der Waals surface area contributed by atoms with Crippen molar-refractivity contribution in [2.24, 2.45) is 0 Å². The number of thiophene rings is 1. The number of nitrogens with one attached hydrogen (secondary N) is 2. The molecule has 0 aliphatic carbocycles. The molecular weight excluding hydrogens is 403 g/mol. The van der Waals surface area contributed by atoms with Gasteiger partial charge in [-0.3, -0.25) is 14.5 Å². The summed E-state index contributed by atoms with van der Waals surface area (Å²) < 4.78 is 26.3. The smallest absolute Gasteiger partial charge is 0.247 e. The number of aromatic amines is 1. The van der Waals surface area contributed by atoms with Crippen LogP contribution in [0.15, 0.2) is 35.7 Å². The maximum absolute atomic E-state index is 14.2. The molecule has 2 heterocycles. The second kappa shape index (κ2) is 9.09. The van der Waals surface area contributed by atoms with Crippen LogP contribution in [0.5, 0.6) is 5.75 Å². The Balaban J connectivity index is 1.74. The first-order valence-corrected chi connectivity index (χ1v) is 9.73. The first-order valence-electron chi connectivity index (χ1n) is 8.44. The minimum Gasteiger partial charge on any atom is -0.488 e. The van der Waals surface area contributed by atoms with Crippen molar-refractivity contribution in [1.82, 2.24) is 14.8 Å². The predicted molar refractivity (Wildman–Crippen MR) is 108 cm³/mol. The van der Waals surface area contributed by atoms with Gasteiger partial charge in [-0.25, -0.2) is 4.39 Å². The van der Waals surface area contributed by atoms with Crippen LogP contribution in [0.4, 0.5) is 10.1 Å². The summed E-state index contributed by atoms with van der Waals surface area (Å²) >= 11 is 6.77. The maximum Gasteiger partial charge on any atom is 0.247 e. The largest absolute Gasteiger partial charge is 0.488 e. The lowest BCUT2D eigenvalue weighted by Gasteiger charge is -2.16. The number of hydrogen-bond acceptors (Lipinski definition) is 6. The highest BCUT2D eigenvalue weighted by molar-refractivity contribution is 7.71. The number of H-pyrrole nitrogens is 1. The normalized spacial score (nSPS) is 12.0. The molecule has 7 nitrogen and oxygen atoms in total. The zero-order chi connectivity index (χ0) is 20.1. The number of ether oxygens (including phenoxy) is 2. The third kappa shape index (κ3) is 4.46. The SMILES string of the molecule is COCCOc1ccc(NC(=O)C(C)n2c(-c3cccs3)n[nH]c2=S)cc1F. The van der Waals surface area contributed by atoms with Gasteiger partial charge in [0.05, 0.1) is 11.5 Å². The Morgan fingerprint density at radius 3 is 2.93 bits per heavy atom. The molecular formula is C18H19FN4O3S2. The van der Waals surface area contributed by atoms with Crippen molar-refractivity contribution in [1.29, 1.82) is 0 Å². The number of halogens is 1. The van der Waals surface area contributed by atoms with Gasteiger partial charge in [-0.15, -0.1) is 11.3 Å². The van der Waals surface area contributed by atoms with Gasteiger partial charge in [0, 0.05) is 18.9 Å². The van der Waals surface area contributed by atoms with Crippen LogP contribution in [0.1, 0.15) is 13.0 Å². The summed E-state index contributed by atoms with van der Waals surface area (Å²) in [5.74, 6) is -0.237. The lowest BCUT2D eigenvalue weighted by Crippen LogP contribution is -2.24. The lowest BCUT2D eigenvalue weighted by molar-refractivity contribution is -0.118. The summed E-state index contributed by atoms with van der Waals surface area (Å²) in [6.07, 6.45) is 0. The highest BCUT2D eigenvalue weighted by Crippen LogP contribution is 2.27. The molecule has 0 aliphatic rings. The van der Waals surface area contributed by atoms with Crippen LogP contribution in [-0.4, -0.2) is 41.0 Å². The summed E-state index contributed by atoms with van der Waals surface area (Å²) in [5, 5.41) is 11.6. The summed E-state index contributed by atoms with van der Waals surface area (Å²) in [4.78, 5) is 13.6. The number of hydrogen-bond donors (Lipinski definition) is 2. The zero-order valence-corrected chi connectivity index (χ0v) is 16.9. The van der Waals surface area contributed by atoms with Crippen LogP contribution in [-0.2, 0) is 9.53 Å². The Bertz CT molecular complexity index is 1000. The minimum atomic E-state index is -0.649. The molecule has 1 unspecified atom stereocenters.